The van der Waals surface area contributed by atoms with Crippen LogP contribution in [0.25, 0.3) is 0 Å². The summed E-state index contributed by atoms with van der Waals surface area (Å²) < 4.78 is 51.1. The highest BCUT2D eigenvalue weighted by Gasteiger charge is 2.32. The zero-order valence-corrected chi connectivity index (χ0v) is 10.1. The van der Waals surface area contributed by atoms with E-state index in [1.54, 1.807) is 6.92 Å². The molecule has 0 aliphatic carbocycles. The van der Waals surface area contributed by atoms with Gasteiger partial charge in [-0.15, -0.1) is 13.2 Å². The van der Waals surface area contributed by atoms with Crippen LogP contribution in [0.3, 0.4) is 0 Å². The summed E-state index contributed by atoms with van der Waals surface area (Å²) in [6.45, 7) is 5.93. The Balaban J connectivity index is 0.000000557. The summed E-state index contributed by atoms with van der Waals surface area (Å²) in [5.41, 5.74) is 0.534. The van der Waals surface area contributed by atoms with Gasteiger partial charge in [-0.05, 0) is 24.6 Å². The highest BCUT2D eigenvalue weighted by molar-refractivity contribution is 5.28. The number of aryl methyl sites for hydroxylation is 1. The lowest BCUT2D eigenvalue weighted by Gasteiger charge is -2.09. The minimum atomic E-state index is -4.85. The summed E-state index contributed by atoms with van der Waals surface area (Å²) >= 11 is 0. The molecule has 0 unspecified atom stereocenters. The highest BCUT2D eigenvalue weighted by atomic mass is 19.4. The van der Waals surface area contributed by atoms with Crippen LogP contribution < -0.4 is 4.74 Å². The van der Waals surface area contributed by atoms with E-state index in [2.05, 4.69) is 18.6 Å². The van der Waals surface area contributed by atoms with Crippen molar-refractivity contribution in [3.05, 3.63) is 29.6 Å². The van der Waals surface area contributed by atoms with Crippen LogP contribution in [0.2, 0.25) is 0 Å². The first-order chi connectivity index (χ1) is 7.80. The van der Waals surface area contributed by atoms with E-state index in [1.807, 2.05) is 0 Å². The first kappa shape index (κ1) is 15.7. The van der Waals surface area contributed by atoms with Crippen LogP contribution >= 0.6 is 0 Å². The zero-order chi connectivity index (χ0) is 13.5. The normalized spacial score (nSPS) is 10.5. The molecule has 0 fully saturated rings. The van der Waals surface area contributed by atoms with E-state index in [0.29, 0.717) is 5.56 Å². The Kier molecular flexibility index (Phi) is 6.61. The molecule has 0 heterocycles. The number of unbranched alkanes of at least 4 members (excludes halogenated alkanes) is 1. The Morgan fingerprint density at radius 1 is 1.12 bits per heavy atom. The Morgan fingerprint density at radius 3 is 2.00 bits per heavy atom. The van der Waals surface area contributed by atoms with Crippen LogP contribution in [0.4, 0.5) is 17.6 Å². The smallest absolute Gasteiger partial charge is 0.403 e. The number of ether oxygens (including phenoxy) is 1. The molecule has 5 heteroatoms. The summed E-state index contributed by atoms with van der Waals surface area (Å²) in [6.07, 6.45) is -2.21. The monoisotopic (exact) mass is 252 g/mol. The second-order valence-electron chi connectivity index (χ2n) is 3.48. The van der Waals surface area contributed by atoms with Gasteiger partial charge in [0.15, 0.2) is 11.6 Å². The molecule has 0 aromatic heterocycles. The predicted octanol–water partition coefficient (Wildman–Crippen LogP) is 4.84. The van der Waals surface area contributed by atoms with Gasteiger partial charge in [0.2, 0.25) is 0 Å². The quantitative estimate of drug-likeness (QED) is 0.684. The van der Waals surface area contributed by atoms with Gasteiger partial charge in [0.1, 0.15) is 0 Å². The van der Waals surface area contributed by atoms with Gasteiger partial charge in [-0.25, -0.2) is 4.39 Å². The van der Waals surface area contributed by atoms with Crippen molar-refractivity contribution in [2.24, 2.45) is 0 Å². The van der Waals surface area contributed by atoms with Gasteiger partial charge in [0, 0.05) is 0 Å². The van der Waals surface area contributed by atoms with E-state index < -0.39 is 17.9 Å². The average Bonchev–Trinajstić information content (AvgIpc) is 2.21. The molecule has 0 N–H and O–H groups in total. The Bertz CT molecular complexity index is 332. The molecule has 1 aromatic rings. The van der Waals surface area contributed by atoms with E-state index in [9.17, 15) is 17.6 Å². The van der Waals surface area contributed by atoms with Crippen LogP contribution in [-0.4, -0.2) is 6.36 Å². The molecule has 0 radical (unpaired) electrons. The van der Waals surface area contributed by atoms with Crippen LogP contribution in [0.1, 0.15) is 32.3 Å². The third kappa shape index (κ3) is 7.60. The lowest BCUT2D eigenvalue weighted by atomic mass is 10.2. The first-order valence-corrected chi connectivity index (χ1v) is 5.32. The highest BCUT2D eigenvalue weighted by Crippen LogP contribution is 2.25. The summed E-state index contributed by atoms with van der Waals surface area (Å²) in [5, 5.41) is 0. The number of halogens is 4. The molecule has 0 bridgehead atoms. The van der Waals surface area contributed by atoms with Crippen LogP contribution in [0.15, 0.2) is 18.2 Å². The standard InChI is InChI=1S/C8H6F4O.C4H10/c1-5-2-3-7(6(9)4-5)13-8(10,11)12;1-3-4-2/h2-4H,1H3;3-4H2,1-2H3. The number of hydrogen-bond donors (Lipinski definition) is 0. The second kappa shape index (κ2) is 7.14. The summed E-state index contributed by atoms with van der Waals surface area (Å²) in [5.74, 6) is -1.82. The largest absolute Gasteiger partial charge is 0.573 e. The minimum Gasteiger partial charge on any atom is -0.403 e. The SMILES string of the molecule is CCCC.Cc1ccc(OC(F)(F)F)c(F)c1. The number of benzene rings is 1. The zero-order valence-electron chi connectivity index (χ0n) is 10.1. The minimum absolute atomic E-state index is 0.534. The fourth-order valence-corrected chi connectivity index (χ4v) is 0.813. The van der Waals surface area contributed by atoms with Crippen molar-refractivity contribution >= 4 is 0 Å². The maximum Gasteiger partial charge on any atom is 0.573 e. The topological polar surface area (TPSA) is 9.23 Å². The Hall–Kier alpha value is -1.26. The van der Waals surface area contributed by atoms with Crippen molar-refractivity contribution in [1.82, 2.24) is 0 Å². The maximum atomic E-state index is 12.8. The van der Waals surface area contributed by atoms with Crippen molar-refractivity contribution in [1.29, 1.82) is 0 Å². The molecule has 0 aliphatic heterocycles. The summed E-state index contributed by atoms with van der Waals surface area (Å²) in [4.78, 5) is 0. The fourth-order valence-electron chi connectivity index (χ4n) is 0.813. The molecule has 1 nitrogen and oxygen atoms in total. The molecule has 17 heavy (non-hydrogen) atoms. The van der Waals surface area contributed by atoms with Gasteiger partial charge < -0.3 is 4.74 Å². The molecule has 0 aliphatic rings. The van der Waals surface area contributed by atoms with E-state index in [0.717, 1.165) is 12.1 Å². The number of hydrogen-bond acceptors (Lipinski definition) is 1. The van der Waals surface area contributed by atoms with Crippen molar-refractivity contribution in [2.75, 3.05) is 0 Å². The van der Waals surface area contributed by atoms with Gasteiger partial charge in [0.25, 0.3) is 0 Å². The molecular weight excluding hydrogens is 236 g/mol. The molecule has 1 rings (SSSR count). The number of alkyl halides is 3. The van der Waals surface area contributed by atoms with Gasteiger partial charge in [-0.3, -0.25) is 0 Å². The molecule has 98 valence electrons. The van der Waals surface area contributed by atoms with E-state index in [-0.39, 0.29) is 0 Å². The van der Waals surface area contributed by atoms with E-state index >= 15 is 0 Å². The second-order valence-corrected chi connectivity index (χ2v) is 3.48. The molecule has 0 spiro atoms. The third-order valence-electron chi connectivity index (χ3n) is 1.81. The lowest BCUT2D eigenvalue weighted by molar-refractivity contribution is -0.275. The molecule has 0 saturated carbocycles. The van der Waals surface area contributed by atoms with E-state index in [4.69, 9.17) is 0 Å². The summed E-state index contributed by atoms with van der Waals surface area (Å²) in [7, 11) is 0. The van der Waals surface area contributed by atoms with E-state index in [1.165, 1.54) is 18.9 Å². The van der Waals surface area contributed by atoms with Crippen LogP contribution in [0.5, 0.6) is 5.75 Å². The Labute approximate surface area is 98.4 Å². The third-order valence-corrected chi connectivity index (χ3v) is 1.81. The van der Waals surface area contributed by atoms with Gasteiger partial charge in [0.05, 0.1) is 0 Å². The van der Waals surface area contributed by atoms with Gasteiger partial charge in [-0.1, -0.05) is 32.8 Å². The van der Waals surface area contributed by atoms with Crippen molar-refractivity contribution in [3.8, 4) is 5.75 Å². The van der Waals surface area contributed by atoms with Crippen LogP contribution in [-0.2, 0) is 0 Å². The van der Waals surface area contributed by atoms with Gasteiger partial charge in [-0.2, -0.15) is 0 Å². The van der Waals surface area contributed by atoms with Crippen molar-refractivity contribution < 1.29 is 22.3 Å². The van der Waals surface area contributed by atoms with Crippen LogP contribution in [0, 0.1) is 12.7 Å². The lowest BCUT2D eigenvalue weighted by Crippen LogP contribution is -2.17. The molecule has 0 amide bonds. The predicted molar refractivity (Wildman–Crippen MR) is 58.4 cm³/mol. The average molecular weight is 252 g/mol. The molecule has 1 aromatic carbocycles. The number of rotatable bonds is 2. The Morgan fingerprint density at radius 2 is 1.65 bits per heavy atom. The first-order valence-electron chi connectivity index (χ1n) is 5.32. The summed E-state index contributed by atoms with van der Waals surface area (Å²) in [6, 6.07) is 3.25. The molecule has 0 saturated heterocycles. The maximum absolute atomic E-state index is 12.8. The molecule has 0 atom stereocenters. The van der Waals surface area contributed by atoms with Gasteiger partial charge >= 0.3 is 6.36 Å². The molecular formula is C12H16F4O. The van der Waals surface area contributed by atoms with Crippen molar-refractivity contribution in [2.45, 2.75) is 40.0 Å². The van der Waals surface area contributed by atoms with Crippen molar-refractivity contribution in [3.63, 3.8) is 0 Å². The fraction of sp³-hybridized carbons (Fsp3) is 0.500.